The van der Waals surface area contributed by atoms with E-state index in [2.05, 4.69) is 20.6 Å². The molecule has 0 bridgehead atoms. The van der Waals surface area contributed by atoms with Crippen molar-refractivity contribution in [2.24, 2.45) is 0 Å². The highest BCUT2D eigenvalue weighted by Crippen LogP contribution is 2.32. The summed E-state index contributed by atoms with van der Waals surface area (Å²) in [5.41, 5.74) is 3.27. The van der Waals surface area contributed by atoms with E-state index in [1.54, 1.807) is 48.5 Å². The number of methoxy groups -OCH3 is 2. The monoisotopic (exact) mass is 536 g/mol. The number of hydrogen-bond donors (Lipinski definition) is 1. The number of hydrogen-bond acceptors (Lipinski definition) is 7. The van der Waals surface area contributed by atoms with Crippen molar-refractivity contribution in [1.82, 2.24) is 24.9 Å². The average molecular weight is 537 g/mol. The van der Waals surface area contributed by atoms with E-state index in [0.29, 0.717) is 28.3 Å². The number of anilines is 1. The lowest BCUT2D eigenvalue weighted by molar-refractivity contribution is -0.140. The molecule has 0 radical (unpaired) electrons. The summed E-state index contributed by atoms with van der Waals surface area (Å²) in [5, 5.41) is 11.3. The number of aromatic nitrogens is 4. The van der Waals surface area contributed by atoms with Crippen LogP contribution < -0.4 is 14.8 Å². The first-order chi connectivity index (χ1) is 19.6. The molecule has 0 aliphatic heterocycles. The van der Waals surface area contributed by atoms with Gasteiger partial charge in [0.15, 0.2) is 0 Å². The van der Waals surface area contributed by atoms with Crippen LogP contribution in [0.15, 0.2) is 97.3 Å². The lowest BCUT2D eigenvalue weighted by atomic mass is 10.0. The lowest BCUT2D eigenvalue weighted by Crippen LogP contribution is -2.42. The van der Waals surface area contributed by atoms with Crippen LogP contribution in [0.3, 0.4) is 0 Å². The summed E-state index contributed by atoms with van der Waals surface area (Å²) >= 11 is 0. The van der Waals surface area contributed by atoms with Crippen molar-refractivity contribution in [2.45, 2.75) is 19.1 Å². The molecule has 1 unspecified atom stereocenters. The van der Waals surface area contributed by atoms with Crippen LogP contribution in [-0.2, 0) is 22.7 Å². The molecule has 1 atom stereocenters. The molecule has 0 aliphatic carbocycles. The summed E-state index contributed by atoms with van der Waals surface area (Å²) in [6.45, 7) is 0.0370. The first-order valence-electron chi connectivity index (χ1n) is 12.6. The highest BCUT2D eigenvalue weighted by molar-refractivity contribution is 5.99. The number of fused-ring (bicyclic) bond motifs is 1. The third kappa shape index (κ3) is 5.75. The van der Waals surface area contributed by atoms with Crippen molar-refractivity contribution in [3.8, 4) is 11.5 Å². The molecule has 5 aromatic rings. The van der Waals surface area contributed by atoms with Crippen LogP contribution in [-0.4, -0.2) is 50.9 Å². The van der Waals surface area contributed by atoms with Gasteiger partial charge in [-0.3, -0.25) is 14.6 Å². The number of nitrogens with zero attached hydrogens (tertiary/aromatic N) is 5. The number of ether oxygens (including phenoxy) is 2. The first kappa shape index (κ1) is 26.4. The third-order valence-electron chi connectivity index (χ3n) is 6.44. The summed E-state index contributed by atoms with van der Waals surface area (Å²) in [7, 11) is 3.07. The lowest BCUT2D eigenvalue weighted by Gasteiger charge is -2.31. The van der Waals surface area contributed by atoms with Crippen LogP contribution in [0.2, 0.25) is 0 Å². The highest BCUT2D eigenvalue weighted by atomic mass is 16.5. The second-order valence-corrected chi connectivity index (χ2v) is 8.99. The van der Waals surface area contributed by atoms with Gasteiger partial charge in [0.1, 0.15) is 29.6 Å². The van der Waals surface area contributed by atoms with Crippen molar-refractivity contribution in [3.63, 3.8) is 0 Å². The molecule has 0 spiro atoms. The molecule has 202 valence electrons. The van der Waals surface area contributed by atoms with Crippen LogP contribution in [0.1, 0.15) is 17.2 Å². The Morgan fingerprint density at radius 1 is 0.950 bits per heavy atom. The number of nitrogens with one attached hydrogen (secondary N) is 1. The van der Waals surface area contributed by atoms with Crippen molar-refractivity contribution >= 4 is 28.5 Å². The second-order valence-electron chi connectivity index (χ2n) is 8.99. The van der Waals surface area contributed by atoms with Gasteiger partial charge in [0.05, 0.1) is 25.4 Å². The van der Waals surface area contributed by atoms with Gasteiger partial charge < -0.3 is 19.7 Å². The Morgan fingerprint density at radius 3 is 2.50 bits per heavy atom. The minimum Gasteiger partial charge on any atom is -0.497 e. The molecule has 40 heavy (non-hydrogen) atoms. The van der Waals surface area contributed by atoms with Crippen LogP contribution in [0.4, 0.5) is 5.69 Å². The first-order valence-corrected chi connectivity index (χ1v) is 12.6. The maximum Gasteiger partial charge on any atom is 0.251 e. The molecule has 2 aromatic heterocycles. The van der Waals surface area contributed by atoms with Crippen LogP contribution >= 0.6 is 0 Å². The topological polar surface area (TPSA) is 111 Å². The molecule has 10 nitrogen and oxygen atoms in total. The molecule has 0 saturated carbocycles. The fourth-order valence-electron chi connectivity index (χ4n) is 4.48. The van der Waals surface area contributed by atoms with E-state index in [1.165, 1.54) is 12.0 Å². The zero-order chi connectivity index (χ0) is 27.9. The van der Waals surface area contributed by atoms with E-state index < -0.39 is 11.9 Å². The fraction of sp³-hybridized carbons (Fsp3) is 0.167. The van der Waals surface area contributed by atoms with Crippen molar-refractivity contribution in [2.75, 3.05) is 19.5 Å². The maximum absolute atomic E-state index is 14.0. The summed E-state index contributed by atoms with van der Waals surface area (Å²) in [6, 6.07) is 24.4. The Kier molecular flexibility index (Phi) is 7.96. The molecular formula is C30H28N6O4. The fourth-order valence-corrected chi connectivity index (χ4v) is 4.48. The van der Waals surface area contributed by atoms with E-state index in [0.717, 1.165) is 11.1 Å². The normalized spacial score (nSPS) is 11.6. The number of rotatable bonds is 10. The predicted molar refractivity (Wildman–Crippen MR) is 150 cm³/mol. The molecule has 0 fully saturated rings. The van der Waals surface area contributed by atoms with Crippen LogP contribution in [0.5, 0.6) is 11.5 Å². The van der Waals surface area contributed by atoms with Gasteiger partial charge in [0, 0.05) is 25.0 Å². The average Bonchev–Trinajstić information content (AvgIpc) is 3.40. The molecule has 3 aromatic carbocycles. The van der Waals surface area contributed by atoms with Gasteiger partial charge in [-0.15, -0.1) is 5.10 Å². The Balaban J connectivity index is 1.54. The molecule has 10 heteroatoms. The van der Waals surface area contributed by atoms with Gasteiger partial charge in [0.2, 0.25) is 5.91 Å². The van der Waals surface area contributed by atoms with Gasteiger partial charge in [-0.1, -0.05) is 53.7 Å². The molecule has 2 heterocycles. The predicted octanol–water partition coefficient (Wildman–Crippen LogP) is 4.25. The molecule has 1 N–H and O–H groups in total. The Labute approximate surface area is 231 Å². The van der Waals surface area contributed by atoms with Crippen molar-refractivity contribution < 1.29 is 19.1 Å². The Bertz CT molecular complexity index is 1610. The summed E-state index contributed by atoms with van der Waals surface area (Å²) < 4.78 is 12.3. The largest absolute Gasteiger partial charge is 0.497 e. The van der Waals surface area contributed by atoms with Crippen molar-refractivity contribution in [3.05, 3.63) is 108 Å². The minimum absolute atomic E-state index is 0.108. The molecule has 0 saturated heterocycles. The number of benzene rings is 3. The SMILES string of the molecule is COc1ccc(NC(=O)C(c2ccccc2)N(Cc2cccnc2)C(=O)Cn2nnc3ccccc32)c(OC)c1. The van der Waals surface area contributed by atoms with Gasteiger partial charge in [-0.2, -0.15) is 0 Å². The zero-order valence-electron chi connectivity index (χ0n) is 22.1. The second kappa shape index (κ2) is 12.1. The van der Waals surface area contributed by atoms with E-state index in [9.17, 15) is 9.59 Å². The molecule has 0 aliphatic rings. The summed E-state index contributed by atoms with van der Waals surface area (Å²) in [6.07, 6.45) is 3.34. The molecule has 2 amide bonds. The van der Waals surface area contributed by atoms with Crippen LogP contribution in [0.25, 0.3) is 11.0 Å². The van der Waals surface area contributed by atoms with E-state index in [-0.39, 0.29) is 19.0 Å². The van der Waals surface area contributed by atoms with E-state index in [4.69, 9.17) is 9.47 Å². The smallest absolute Gasteiger partial charge is 0.251 e. The standard InChI is InChI=1S/C30H28N6O4/c1-39-23-14-15-25(27(17-23)40-2)32-30(38)29(22-10-4-3-5-11-22)35(19-21-9-8-16-31-18-21)28(37)20-36-26-13-7-6-12-24(26)33-34-36/h3-18,29H,19-20H2,1-2H3,(H,32,38). The zero-order valence-corrected chi connectivity index (χ0v) is 22.1. The maximum atomic E-state index is 14.0. The van der Waals surface area contributed by atoms with E-state index in [1.807, 2.05) is 60.7 Å². The van der Waals surface area contributed by atoms with Gasteiger partial charge in [0.25, 0.3) is 5.91 Å². The quantitative estimate of drug-likeness (QED) is 0.284. The summed E-state index contributed by atoms with van der Waals surface area (Å²) in [4.78, 5) is 33.8. The number of pyridine rings is 1. The highest BCUT2D eigenvalue weighted by Gasteiger charge is 2.32. The van der Waals surface area contributed by atoms with Crippen LogP contribution in [0, 0.1) is 0 Å². The van der Waals surface area contributed by atoms with E-state index >= 15 is 0 Å². The number of amides is 2. The van der Waals surface area contributed by atoms with Gasteiger partial charge in [-0.25, -0.2) is 4.68 Å². The molecular weight excluding hydrogens is 508 g/mol. The number of carbonyl (C=O) groups is 2. The number of carbonyl (C=O) groups excluding carboxylic acids is 2. The minimum atomic E-state index is -0.976. The Morgan fingerprint density at radius 2 is 1.75 bits per heavy atom. The Hall–Kier alpha value is -5.25. The van der Waals surface area contributed by atoms with Gasteiger partial charge in [-0.05, 0) is 41.5 Å². The summed E-state index contributed by atoms with van der Waals surface area (Å²) in [5.74, 6) is 0.294. The molecule has 5 rings (SSSR count). The number of para-hydroxylation sites is 1. The van der Waals surface area contributed by atoms with Crippen molar-refractivity contribution in [1.29, 1.82) is 0 Å². The van der Waals surface area contributed by atoms with Gasteiger partial charge >= 0.3 is 0 Å². The third-order valence-corrected chi connectivity index (χ3v) is 6.44.